The van der Waals surface area contributed by atoms with E-state index < -0.39 is 18.1 Å². The van der Waals surface area contributed by atoms with Crippen LogP contribution in [-0.4, -0.2) is 88.4 Å². The van der Waals surface area contributed by atoms with Gasteiger partial charge in [0.2, 0.25) is 0 Å². The molecule has 30 heavy (non-hydrogen) atoms. The summed E-state index contributed by atoms with van der Waals surface area (Å²) in [4.78, 5) is 38.6. The Labute approximate surface area is 173 Å². The van der Waals surface area contributed by atoms with Gasteiger partial charge in [-0.1, -0.05) is 6.07 Å². The molecule has 0 bridgehead atoms. The normalized spacial score (nSPS) is 25.1. The first kappa shape index (κ1) is 20.5. The first-order chi connectivity index (χ1) is 14.6. The number of amides is 1. The summed E-state index contributed by atoms with van der Waals surface area (Å²) in [5.41, 5.74) is -0.267. The molecule has 1 amide bonds. The number of aromatic nitrogens is 3. The first-order valence-corrected chi connectivity index (χ1v) is 10.1. The van der Waals surface area contributed by atoms with Crippen molar-refractivity contribution in [2.45, 2.75) is 24.7 Å². The highest BCUT2D eigenvalue weighted by Gasteiger charge is 2.35. The highest BCUT2D eigenvalue weighted by molar-refractivity contribution is 5.92. The van der Waals surface area contributed by atoms with E-state index in [0.717, 1.165) is 38.2 Å². The van der Waals surface area contributed by atoms with Crippen molar-refractivity contribution in [2.75, 3.05) is 44.2 Å². The Kier molecular flexibility index (Phi) is 6.36. The summed E-state index contributed by atoms with van der Waals surface area (Å²) in [6.45, 7) is 4.47. The van der Waals surface area contributed by atoms with Gasteiger partial charge in [0, 0.05) is 51.7 Å². The van der Waals surface area contributed by atoms with E-state index in [9.17, 15) is 14.7 Å². The molecule has 4 rings (SSSR count). The second-order valence-electron chi connectivity index (χ2n) is 7.54. The van der Waals surface area contributed by atoms with Crippen molar-refractivity contribution in [3.8, 4) is 0 Å². The van der Waals surface area contributed by atoms with Crippen LogP contribution in [0.2, 0.25) is 0 Å². The largest absolute Gasteiger partial charge is 0.388 e. The average molecular weight is 414 g/mol. The van der Waals surface area contributed by atoms with Gasteiger partial charge in [0.1, 0.15) is 17.6 Å². The fraction of sp³-hybridized carbons (Fsp3) is 0.500. The molecule has 10 nitrogen and oxygen atoms in total. The first-order valence-electron chi connectivity index (χ1n) is 10.1. The van der Waals surface area contributed by atoms with Crippen molar-refractivity contribution in [1.82, 2.24) is 25.2 Å². The Morgan fingerprint density at radius 1 is 1.27 bits per heavy atom. The summed E-state index contributed by atoms with van der Waals surface area (Å²) in [5, 5.41) is 13.6. The van der Waals surface area contributed by atoms with Gasteiger partial charge in [-0.2, -0.15) is 0 Å². The number of nitrogens with one attached hydrogen (secondary N) is 2. The summed E-state index contributed by atoms with van der Waals surface area (Å²) in [5.74, 6) is 0.546. The Balaban J connectivity index is 1.29. The van der Waals surface area contributed by atoms with Crippen LogP contribution in [0.1, 0.15) is 16.9 Å². The summed E-state index contributed by atoms with van der Waals surface area (Å²) >= 11 is 0. The molecule has 0 saturated carbocycles. The van der Waals surface area contributed by atoms with E-state index in [2.05, 4.69) is 30.1 Å². The second kappa shape index (κ2) is 9.33. The van der Waals surface area contributed by atoms with Crippen LogP contribution in [0.25, 0.3) is 0 Å². The maximum Gasteiger partial charge on any atom is 0.271 e. The smallest absolute Gasteiger partial charge is 0.271 e. The summed E-state index contributed by atoms with van der Waals surface area (Å²) < 4.78 is 5.81. The number of aromatic amines is 1. The zero-order valence-corrected chi connectivity index (χ0v) is 16.6. The Morgan fingerprint density at radius 3 is 2.80 bits per heavy atom. The number of nitrogens with zero attached hydrogens (tertiary/aromatic N) is 4. The lowest BCUT2D eigenvalue weighted by atomic mass is 9.98. The van der Waals surface area contributed by atoms with Gasteiger partial charge < -0.3 is 25.0 Å². The fourth-order valence-corrected chi connectivity index (χ4v) is 3.86. The molecule has 0 spiro atoms. The van der Waals surface area contributed by atoms with Gasteiger partial charge in [0.05, 0.1) is 18.3 Å². The van der Waals surface area contributed by atoms with Gasteiger partial charge in [-0.3, -0.25) is 14.5 Å². The number of carbonyl (C=O) groups is 1. The predicted octanol–water partition coefficient (Wildman–Crippen LogP) is -0.765. The topological polar surface area (TPSA) is 124 Å². The lowest BCUT2D eigenvalue weighted by Crippen LogP contribution is -2.58. The lowest BCUT2D eigenvalue weighted by molar-refractivity contribution is -0.0997. The van der Waals surface area contributed by atoms with E-state index in [1.54, 1.807) is 6.20 Å². The summed E-state index contributed by atoms with van der Waals surface area (Å²) in [6, 6.07) is 5.47. The van der Waals surface area contributed by atoms with Crippen molar-refractivity contribution < 1.29 is 14.6 Å². The predicted molar refractivity (Wildman–Crippen MR) is 109 cm³/mol. The zero-order valence-electron chi connectivity index (χ0n) is 16.6. The zero-order chi connectivity index (χ0) is 20.9. The van der Waals surface area contributed by atoms with E-state index >= 15 is 0 Å². The minimum absolute atomic E-state index is 0.107. The number of ether oxygens (including phenoxy) is 1. The van der Waals surface area contributed by atoms with Gasteiger partial charge in [-0.15, -0.1) is 0 Å². The molecule has 0 radical (unpaired) electrons. The highest BCUT2D eigenvalue weighted by atomic mass is 16.5. The molecule has 3 N–H and O–H groups in total. The third kappa shape index (κ3) is 4.84. The van der Waals surface area contributed by atoms with Crippen molar-refractivity contribution in [1.29, 1.82) is 0 Å². The molecule has 160 valence electrons. The van der Waals surface area contributed by atoms with Gasteiger partial charge in [-0.05, 0) is 18.6 Å². The number of hydrogen-bond acceptors (Lipinski definition) is 8. The second-order valence-corrected chi connectivity index (χ2v) is 7.54. The van der Waals surface area contributed by atoms with Crippen LogP contribution >= 0.6 is 0 Å². The molecule has 0 aromatic carbocycles. The molecule has 2 aromatic rings. The standard InChI is InChI=1S/C20H26N6O4/c27-18-12-22-15(11-23-18)20(29)24-14-4-10-30-16(19(14)28)13-25-6-8-26(9-7-25)17-3-1-2-5-21-17/h1-3,5,11-12,14,16,19,28H,4,6-10,13H2,(H,23,27)(H,24,29)/t14-,16+,19-/m0/s1. The molecule has 2 aromatic heterocycles. The van der Waals surface area contributed by atoms with Crippen molar-refractivity contribution in [3.05, 3.63) is 52.8 Å². The number of H-pyrrole nitrogens is 1. The van der Waals surface area contributed by atoms with Crippen molar-refractivity contribution in [2.24, 2.45) is 0 Å². The average Bonchev–Trinajstić information content (AvgIpc) is 2.78. The van der Waals surface area contributed by atoms with E-state index in [-0.39, 0.29) is 17.4 Å². The highest BCUT2D eigenvalue weighted by Crippen LogP contribution is 2.18. The van der Waals surface area contributed by atoms with E-state index in [1.165, 1.54) is 6.20 Å². The quantitative estimate of drug-likeness (QED) is 0.583. The fourth-order valence-electron chi connectivity index (χ4n) is 3.86. The number of aliphatic hydroxyl groups is 1. The van der Waals surface area contributed by atoms with Crippen LogP contribution < -0.4 is 15.8 Å². The number of piperazine rings is 1. The molecule has 2 fully saturated rings. The number of carbonyl (C=O) groups excluding carboxylic acids is 1. The maximum absolute atomic E-state index is 12.4. The Hall–Kier alpha value is -2.82. The number of anilines is 1. The van der Waals surface area contributed by atoms with Crippen molar-refractivity contribution in [3.63, 3.8) is 0 Å². The van der Waals surface area contributed by atoms with Crippen LogP contribution in [0.3, 0.4) is 0 Å². The third-order valence-corrected chi connectivity index (χ3v) is 5.56. The number of pyridine rings is 1. The van der Waals surface area contributed by atoms with Gasteiger partial charge in [-0.25, -0.2) is 9.97 Å². The monoisotopic (exact) mass is 414 g/mol. The number of rotatable bonds is 5. The SMILES string of the molecule is O=C(N[C@H]1CCO[C@H](CN2CCN(c3ccccn3)CC2)[C@H]1O)c1c[nH]c(=O)cn1. The van der Waals surface area contributed by atoms with Crippen LogP contribution in [0, 0.1) is 0 Å². The van der Waals surface area contributed by atoms with E-state index in [1.807, 2.05) is 18.2 Å². The lowest BCUT2D eigenvalue weighted by Gasteiger charge is -2.40. The van der Waals surface area contributed by atoms with Crippen LogP contribution in [0.5, 0.6) is 0 Å². The summed E-state index contributed by atoms with van der Waals surface area (Å²) in [7, 11) is 0. The number of hydrogen-bond donors (Lipinski definition) is 3. The molecule has 2 aliphatic rings. The molecule has 2 saturated heterocycles. The summed E-state index contributed by atoms with van der Waals surface area (Å²) in [6.07, 6.45) is 3.43. The molecule has 4 heterocycles. The molecular formula is C20H26N6O4. The molecule has 10 heteroatoms. The minimum Gasteiger partial charge on any atom is -0.388 e. The molecule has 0 unspecified atom stereocenters. The van der Waals surface area contributed by atoms with Gasteiger partial charge >= 0.3 is 0 Å². The maximum atomic E-state index is 12.4. The van der Waals surface area contributed by atoms with E-state index in [0.29, 0.717) is 19.6 Å². The Morgan fingerprint density at radius 2 is 2.10 bits per heavy atom. The van der Waals surface area contributed by atoms with Gasteiger partial charge in [0.25, 0.3) is 11.5 Å². The minimum atomic E-state index is -0.820. The van der Waals surface area contributed by atoms with Crippen LogP contribution in [-0.2, 0) is 4.74 Å². The number of aliphatic hydroxyl groups excluding tert-OH is 1. The van der Waals surface area contributed by atoms with Crippen LogP contribution in [0.15, 0.2) is 41.6 Å². The van der Waals surface area contributed by atoms with Crippen LogP contribution in [0.4, 0.5) is 5.82 Å². The Bertz CT molecular complexity index is 879. The third-order valence-electron chi connectivity index (χ3n) is 5.56. The molecule has 3 atom stereocenters. The molecule has 0 aliphatic carbocycles. The van der Waals surface area contributed by atoms with E-state index in [4.69, 9.17) is 4.74 Å². The molecule has 2 aliphatic heterocycles. The van der Waals surface area contributed by atoms with Gasteiger partial charge in [0.15, 0.2) is 0 Å². The molecular weight excluding hydrogens is 388 g/mol. The van der Waals surface area contributed by atoms with Crippen molar-refractivity contribution >= 4 is 11.7 Å².